The molecule has 2 rings (SSSR count). The average Bonchev–Trinajstić information content (AvgIpc) is 2.67. The van der Waals surface area contributed by atoms with E-state index in [1.807, 2.05) is 13.8 Å². The number of nitrogens with zero attached hydrogens (tertiary/aromatic N) is 1. The molecule has 1 aromatic carbocycles. The fourth-order valence-electron chi connectivity index (χ4n) is 2.83. The van der Waals surface area contributed by atoms with Crippen LogP contribution in [0.2, 0.25) is 5.02 Å². The Kier molecular flexibility index (Phi) is 9.01. The second kappa shape index (κ2) is 11.0. The minimum atomic E-state index is -3.55. The summed E-state index contributed by atoms with van der Waals surface area (Å²) >= 11 is 6.18. The average molecular weight is 433 g/mol. The molecule has 0 bridgehead atoms. The number of sulfonamides is 1. The van der Waals surface area contributed by atoms with Crippen LogP contribution in [0.1, 0.15) is 39.5 Å². The van der Waals surface area contributed by atoms with Crippen LogP contribution >= 0.6 is 11.6 Å². The molecule has 0 spiro atoms. The molecule has 0 aliphatic carbocycles. The number of benzene rings is 1. The first kappa shape index (κ1) is 22.9. The van der Waals surface area contributed by atoms with E-state index in [1.165, 1.54) is 22.5 Å². The highest BCUT2D eigenvalue weighted by atomic mass is 35.5. The highest BCUT2D eigenvalue weighted by Crippen LogP contribution is 2.29. The molecule has 0 atom stereocenters. The van der Waals surface area contributed by atoms with E-state index in [-0.39, 0.29) is 34.3 Å². The van der Waals surface area contributed by atoms with Gasteiger partial charge in [-0.05, 0) is 51.3 Å². The number of halogens is 1. The number of carbonyl (C=O) groups is 1. The van der Waals surface area contributed by atoms with Crippen molar-refractivity contribution in [2.75, 3.05) is 32.8 Å². The van der Waals surface area contributed by atoms with Gasteiger partial charge in [-0.15, -0.1) is 0 Å². The Morgan fingerprint density at radius 1 is 1.25 bits per heavy atom. The zero-order valence-electron chi connectivity index (χ0n) is 16.4. The van der Waals surface area contributed by atoms with Gasteiger partial charge in [-0.1, -0.05) is 18.0 Å². The molecule has 158 valence electrons. The number of piperidine rings is 1. The number of hydrogen-bond acceptors (Lipinski definition) is 5. The molecule has 1 amide bonds. The van der Waals surface area contributed by atoms with E-state index in [9.17, 15) is 13.2 Å². The highest BCUT2D eigenvalue weighted by molar-refractivity contribution is 7.89. The number of ether oxygens (including phenoxy) is 2. The minimum absolute atomic E-state index is 0.140. The maximum Gasteiger partial charge on any atom is 0.257 e. The number of hydrogen-bond donors (Lipinski definition) is 1. The van der Waals surface area contributed by atoms with Gasteiger partial charge < -0.3 is 14.8 Å². The summed E-state index contributed by atoms with van der Waals surface area (Å²) < 4.78 is 37.7. The lowest BCUT2D eigenvalue weighted by atomic mass is 10.2. The normalized spacial score (nSPS) is 15.6. The van der Waals surface area contributed by atoms with Gasteiger partial charge >= 0.3 is 0 Å². The Balaban J connectivity index is 1.84. The molecule has 1 aliphatic rings. The predicted molar refractivity (Wildman–Crippen MR) is 108 cm³/mol. The molecule has 9 heteroatoms. The van der Waals surface area contributed by atoms with Gasteiger partial charge in [0.05, 0.1) is 16.0 Å². The molecule has 1 N–H and O–H groups in total. The fourth-order valence-corrected chi connectivity index (χ4v) is 4.67. The van der Waals surface area contributed by atoms with Crippen molar-refractivity contribution >= 4 is 27.5 Å². The van der Waals surface area contributed by atoms with Crippen molar-refractivity contribution in [3.63, 3.8) is 0 Å². The first-order valence-electron chi connectivity index (χ1n) is 9.61. The molecule has 1 aliphatic heterocycles. The maximum atomic E-state index is 12.7. The summed E-state index contributed by atoms with van der Waals surface area (Å²) in [5.74, 6) is 0.00294. The zero-order chi connectivity index (χ0) is 20.6. The van der Waals surface area contributed by atoms with Crippen molar-refractivity contribution in [3.05, 3.63) is 23.2 Å². The summed E-state index contributed by atoms with van der Waals surface area (Å²) in [4.78, 5) is 12.0. The summed E-state index contributed by atoms with van der Waals surface area (Å²) in [6, 6.07) is 4.33. The Morgan fingerprint density at radius 2 is 1.96 bits per heavy atom. The number of carbonyl (C=O) groups excluding carboxylic acids is 1. The minimum Gasteiger partial charge on any atom is -0.482 e. The van der Waals surface area contributed by atoms with Crippen LogP contribution in [0.5, 0.6) is 5.75 Å². The van der Waals surface area contributed by atoms with Crippen LogP contribution in [0.4, 0.5) is 0 Å². The lowest BCUT2D eigenvalue weighted by Crippen LogP contribution is -2.35. The second-order valence-electron chi connectivity index (χ2n) is 6.97. The van der Waals surface area contributed by atoms with Crippen LogP contribution in [0.25, 0.3) is 0 Å². The molecular formula is C19H29ClN2O5S. The molecule has 0 aromatic heterocycles. The van der Waals surface area contributed by atoms with Crippen molar-refractivity contribution in [2.24, 2.45) is 0 Å². The van der Waals surface area contributed by atoms with E-state index >= 15 is 0 Å². The topological polar surface area (TPSA) is 84.9 Å². The Morgan fingerprint density at radius 3 is 2.61 bits per heavy atom. The third kappa shape index (κ3) is 6.92. The van der Waals surface area contributed by atoms with E-state index in [2.05, 4.69) is 5.32 Å². The summed E-state index contributed by atoms with van der Waals surface area (Å²) in [5, 5.41) is 2.90. The summed E-state index contributed by atoms with van der Waals surface area (Å²) in [7, 11) is -3.55. The van der Waals surface area contributed by atoms with Crippen LogP contribution in [0.15, 0.2) is 23.1 Å². The van der Waals surface area contributed by atoms with Crippen LogP contribution in [-0.4, -0.2) is 57.6 Å². The maximum absolute atomic E-state index is 12.7. The molecule has 0 radical (unpaired) electrons. The third-order valence-corrected chi connectivity index (χ3v) is 6.50. The van der Waals surface area contributed by atoms with Crippen molar-refractivity contribution in [1.29, 1.82) is 0 Å². The van der Waals surface area contributed by atoms with Gasteiger partial charge in [0.1, 0.15) is 5.75 Å². The molecule has 0 unspecified atom stereocenters. The first-order valence-corrected chi connectivity index (χ1v) is 11.4. The van der Waals surface area contributed by atoms with Crippen molar-refractivity contribution in [2.45, 2.75) is 50.5 Å². The summed E-state index contributed by atoms with van der Waals surface area (Å²) in [5.41, 5.74) is 0. The molecule has 1 aromatic rings. The molecule has 1 saturated heterocycles. The van der Waals surface area contributed by atoms with Gasteiger partial charge in [-0.2, -0.15) is 4.31 Å². The molecule has 7 nitrogen and oxygen atoms in total. The monoisotopic (exact) mass is 432 g/mol. The van der Waals surface area contributed by atoms with Crippen molar-refractivity contribution < 1.29 is 22.7 Å². The predicted octanol–water partition coefficient (Wildman–Crippen LogP) is 2.82. The fraction of sp³-hybridized carbons (Fsp3) is 0.632. The molecule has 1 heterocycles. The van der Waals surface area contributed by atoms with Crippen LogP contribution in [-0.2, 0) is 19.6 Å². The quantitative estimate of drug-likeness (QED) is 0.574. The summed E-state index contributed by atoms with van der Waals surface area (Å²) in [6.07, 6.45) is 3.67. The van der Waals surface area contributed by atoms with Crippen LogP contribution in [0, 0.1) is 0 Å². The van der Waals surface area contributed by atoms with Crippen molar-refractivity contribution in [3.8, 4) is 5.75 Å². The number of amides is 1. The zero-order valence-corrected chi connectivity index (χ0v) is 18.0. The van der Waals surface area contributed by atoms with Gasteiger partial charge in [-0.3, -0.25) is 4.79 Å². The van der Waals surface area contributed by atoms with Gasteiger partial charge in [-0.25, -0.2) is 8.42 Å². The van der Waals surface area contributed by atoms with Crippen molar-refractivity contribution in [1.82, 2.24) is 9.62 Å². The van der Waals surface area contributed by atoms with Gasteiger partial charge in [0.15, 0.2) is 6.61 Å². The molecular weight excluding hydrogens is 404 g/mol. The second-order valence-corrected chi connectivity index (χ2v) is 9.31. The number of nitrogens with one attached hydrogen (secondary N) is 1. The van der Waals surface area contributed by atoms with E-state index in [1.54, 1.807) is 0 Å². The van der Waals surface area contributed by atoms with Gasteiger partial charge in [0, 0.05) is 26.2 Å². The van der Waals surface area contributed by atoms with Crippen LogP contribution < -0.4 is 10.1 Å². The highest BCUT2D eigenvalue weighted by Gasteiger charge is 2.26. The Bertz CT molecular complexity index is 749. The molecule has 0 saturated carbocycles. The van der Waals surface area contributed by atoms with Crippen LogP contribution in [0.3, 0.4) is 0 Å². The molecule has 28 heavy (non-hydrogen) atoms. The van der Waals surface area contributed by atoms with E-state index < -0.39 is 10.0 Å². The van der Waals surface area contributed by atoms with Gasteiger partial charge in [0.25, 0.3) is 5.91 Å². The van der Waals surface area contributed by atoms with E-state index in [4.69, 9.17) is 21.1 Å². The Labute approximate surface area is 172 Å². The largest absolute Gasteiger partial charge is 0.482 e. The van der Waals surface area contributed by atoms with E-state index in [0.717, 1.165) is 19.3 Å². The number of rotatable bonds is 10. The third-order valence-electron chi connectivity index (χ3n) is 4.31. The van der Waals surface area contributed by atoms with Gasteiger partial charge in [0.2, 0.25) is 10.0 Å². The standard InChI is InChI=1S/C19H29ClN2O5S/c1-15(2)26-12-6-9-21-19(23)14-27-18-8-7-16(13-17(18)20)28(24,25)22-10-4-3-5-11-22/h7-8,13,15H,3-6,9-12,14H2,1-2H3,(H,21,23). The molecule has 1 fully saturated rings. The lowest BCUT2D eigenvalue weighted by Gasteiger charge is -2.26. The Hall–Kier alpha value is -1.35. The van der Waals surface area contributed by atoms with E-state index in [0.29, 0.717) is 32.7 Å². The lowest BCUT2D eigenvalue weighted by molar-refractivity contribution is -0.123. The smallest absolute Gasteiger partial charge is 0.257 e. The first-order chi connectivity index (χ1) is 13.3. The summed E-state index contributed by atoms with van der Waals surface area (Å²) in [6.45, 7) is 5.86. The SMILES string of the molecule is CC(C)OCCCNC(=O)COc1ccc(S(=O)(=O)N2CCCCC2)cc1Cl.